The second-order valence-electron chi connectivity index (χ2n) is 3.56. The van der Waals surface area contributed by atoms with Crippen LogP contribution in [0.1, 0.15) is 23.7 Å². The molecule has 2 N–H and O–H groups in total. The number of benzene rings is 1. The molecule has 1 rings (SSSR count). The van der Waals surface area contributed by atoms with E-state index >= 15 is 0 Å². The molecule has 0 unspecified atom stereocenters. The Labute approximate surface area is 95.1 Å². The molecule has 88 valence electrons. The Hall–Kier alpha value is -1.55. The number of aromatic carboxylic acids is 1. The van der Waals surface area contributed by atoms with E-state index in [0.717, 1.165) is 18.7 Å². The van der Waals surface area contributed by atoms with E-state index in [0.29, 0.717) is 6.54 Å². The van der Waals surface area contributed by atoms with Gasteiger partial charge in [0.15, 0.2) is 0 Å². The molecule has 1 aromatic carbocycles. The summed E-state index contributed by atoms with van der Waals surface area (Å²) in [6, 6.07) is 6.71. The molecule has 16 heavy (non-hydrogen) atoms. The third kappa shape index (κ3) is 3.24. The van der Waals surface area contributed by atoms with E-state index < -0.39 is 5.97 Å². The van der Waals surface area contributed by atoms with Gasteiger partial charge in [-0.15, -0.1) is 0 Å². The Kier molecular flexibility index (Phi) is 4.79. The lowest BCUT2D eigenvalue weighted by molar-refractivity contribution is 0.0697. The molecule has 0 bridgehead atoms. The van der Waals surface area contributed by atoms with Gasteiger partial charge in [0.2, 0.25) is 0 Å². The molecule has 0 atom stereocenters. The topological polar surface area (TPSA) is 60.8 Å². The lowest BCUT2D eigenvalue weighted by atomic mass is 10.2. The number of aliphatic hydroxyl groups excluding tert-OH is 1. The quantitative estimate of drug-likeness (QED) is 0.769. The van der Waals surface area contributed by atoms with Crippen molar-refractivity contribution in [1.82, 2.24) is 0 Å². The van der Waals surface area contributed by atoms with Crippen molar-refractivity contribution in [3.63, 3.8) is 0 Å². The molecule has 0 saturated heterocycles. The lowest BCUT2D eigenvalue weighted by Crippen LogP contribution is -2.27. The van der Waals surface area contributed by atoms with Crippen LogP contribution < -0.4 is 4.90 Å². The van der Waals surface area contributed by atoms with E-state index in [1.807, 2.05) is 4.90 Å². The molecule has 0 aromatic heterocycles. The first-order valence-corrected chi connectivity index (χ1v) is 5.38. The van der Waals surface area contributed by atoms with Gasteiger partial charge in [-0.2, -0.15) is 0 Å². The number of hydrogen-bond acceptors (Lipinski definition) is 3. The van der Waals surface area contributed by atoms with Crippen molar-refractivity contribution in [3.8, 4) is 0 Å². The van der Waals surface area contributed by atoms with Crippen molar-refractivity contribution in [2.75, 3.05) is 24.6 Å². The molecule has 0 spiro atoms. The highest BCUT2D eigenvalue weighted by Gasteiger charge is 2.06. The minimum Gasteiger partial charge on any atom is -0.478 e. The van der Waals surface area contributed by atoms with Gasteiger partial charge in [0, 0.05) is 18.8 Å². The molecular formula is C12H17NO3. The fourth-order valence-electron chi connectivity index (χ4n) is 1.58. The van der Waals surface area contributed by atoms with Crippen molar-refractivity contribution in [2.45, 2.75) is 13.3 Å². The van der Waals surface area contributed by atoms with Crippen LogP contribution in [-0.2, 0) is 0 Å². The smallest absolute Gasteiger partial charge is 0.335 e. The lowest BCUT2D eigenvalue weighted by Gasteiger charge is -2.23. The monoisotopic (exact) mass is 223 g/mol. The number of nitrogens with zero attached hydrogens (tertiary/aromatic N) is 1. The van der Waals surface area contributed by atoms with Crippen LogP contribution in [-0.4, -0.2) is 35.9 Å². The highest BCUT2D eigenvalue weighted by molar-refractivity contribution is 5.88. The second-order valence-corrected chi connectivity index (χ2v) is 3.56. The Balaban J connectivity index is 2.80. The molecule has 0 heterocycles. The van der Waals surface area contributed by atoms with Gasteiger partial charge < -0.3 is 15.1 Å². The van der Waals surface area contributed by atoms with Gasteiger partial charge in [0.05, 0.1) is 12.2 Å². The van der Waals surface area contributed by atoms with Crippen LogP contribution in [0.15, 0.2) is 24.3 Å². The maximum absolute atomic E-state index is 10.7. The number of carbonyl (C=O) groups is 1. The molecule has 0 radical (unpaired) electrons. The number of anilines is 1. The summed E-state index contributed by atoms with van der Waals surface area (Å²) in [5.41, 5.74) is 1.23. The minimum absolute atomic E-state index is 0.0979. The van der Waals surface area contributed by atoms with Gasteiger partial charge in [0.25, 0.3) is 0 Å². The zero-order valence-electron chi connectivity index (χ0n) is 9.39. The van der Waals surface area contributed by atoms with Gasteiger partial charge in [-0.3, -0.25) is 0 Å². The average molecular weight is 223 g/mol. The number of hydrogen-bond donors (Lipinski definition) is 2. The van der Waals surface area contributed by atoms with Gasteiger partial charge in [-0.25, -0.2) is 4.79 Å². The van der Waals surface area contributed by atoms with E-state index in [-0.39, 0.29) is 12.2 Å². The summed E-state index contributed by atoms with van der Waals surface area (Å²) in [5.74, 6) is -0.921. The summed E-state index contributed by atoms with van der Waals surface area (Å²) in [7, 11) is 0. The largest absolute Gasteiger partial charge is 0.478 e. The van der Waals surface area contributed by atoms with E-state index in [4.69, 9.17) is 10.2 Å². The highest BCUT2D eigenvalue weighted by Crippen LogP contribution is 2.15. The highest BCUT2D eigenvalue weighted by atomic mass is 16.4. The molecule has 4 heteroatoms. The zero-order valence-corrected chi connectivity index (χ0v) is 9.39. The maximum atomic E-state index is 10.7. The fraction of sp³-hybridized carbons (Fsp3) is 0.417. The third-order valence-corrected chi connectivity index (χ3v) is 2.34. The number of carboxylic acids is 1. The Morgan fingerprint density at radius 3 is 2.31 bits per heavy atom. The summed E-state index contributed by atoms with van der Waals surface area (Å²) in [6.07, 6.45) is 0.987. The Morgan fingerprint density at radius 1 is 1.25 bits per heavy atom. The standard InChI is InChI=1S/C12H17NO3/c1-2-7-13(8-9-14)11-5-3-10(4-6-11)12(15)16/h3-6,14H,2,7-9H2,1H3,(H,15,16). The summed E-state index contributed by atoms with van der Waals surface area (Å²) in [4.78, 5) is 12.7. The molecule has 0 aliphatic rings. The van der Waals surface area contributed by atoms with Gasteiger partial charge in [0.1, 0.15) is 0 Å². The molecule has 0 saturated carbocycles. The van der Waals surface area contributed by atoms with E-state index in [1.54, 1.807) is 24.3 Å². The van der Waals surface area contributed by atoms with Crippen molar-refractivity contribution >= 4 is 11.7 Å². The van der Waals surface area contributed by atoms with E-state index in [1.165, 1.54) is 0 Å². The fourth-order valence-corrected chi connectivity index (χ4v) is 1.58. The summed E-state index contributed by atoms with van der Waals surface area (Å²) < 4.78 is 0. The minimum atomic E-state index is -0.921. The molecule has 4 nitrogen and oxygen atoms in total. The number of aliphatic hydroxyl groups is 1. The van der Waals surface area contributed by atoms with Crippen LogP contribution in [0, 0.1) is 0 Å². The summed E-state index contributed by atoms with van der Waals surface area (Å²) in [5, 5.41) is 17.7. The predicted molar refractivity (Wildman–Crippen MR) is 63.0 cm³/mol. The van der Waals surface area contributed by atoms with Crippen molar-refractivity contribution < 1.29 is 15.0 Å². The number of rotatable bonds is 6. The first kappa shape index (κ1) is 12.5. The van der Waals surface area contributed by atoms with Crippen molar-refractivity contribution in [3.05, 3.63) is 29.8 Å². The van der Waals surface area contributed by atoms with Crippen LogP contribution >= 0.6 is 0 Å². The van der Waals surface area contributed by atoms with Crippen LogP contribution in [0.4, 0.5) is 5.69 Å². The summed E-state index contributed by atoms with van der Waals surface area (Å²) in [6.45, 7) is 3.59. The molecule has 0 aliphatic carbocycles. The Bertz CT molecular complexity index is 329. The first-order valence-electron chi connectivity index (χ1n) is 5.38. The third-order valence-electron chi connectivity index (χ3n) is 2.34. The van der Waals surface area contributed by atoms with Crippen LogP contribution in [0.3, 0.4) is 0 Å². The van der Waals surface area contributed by atoms with Crippen LogP contribution in [0.5, 0.6) is 0 Å². The molecule has 0 amide bonds. The van der Waals surface area contributed by atoms with Gasteiger partial charge >= 0.3 is 5.97 Å². The predicted octanol–water partition coefficient (Wildman–Crippen LogP) is 1.59. The van der Waals surface area contributed by atoms with Crippen molar-refractivity contribution in [1.29, 1.82) is 0 Å². The van der Waals surface area contributed by atoms with Gasteiger partial charge in [-0.05, 0) is 30.7 Å². The second kappa shape index (κ2) is 6.12. The van der Waals surface area contributed by atoms with Crippen LogP contribution in [0.2, 0.25) is 0 Å². The maximum Gasteiger partial charge on any atom is 0.335 e. The van der Waals surface area contributed by atoms with Crippen LogP contribution in [0.25, 0.3) is 0 Å². The molecule has 1 aromatic rings. The van der Waals surface area contributed by atoms with E-state index in [9.17, 15) is 4.79 Å². The zero-order chi connectivity index (χ0) is 12.0. The SMILES string of the molecule is CCCN(CCO)c1ccc(C(=O)O)cc1. The first-order chi connectivity index (χ1) is 7.69. The van der Waals surface area contributed by atoms with Crippen molar-refractivity contribution in [2.24, 2.45) is 0 Å². The normalized spacial score (nSPS) is 10.1. The number of carboxylic acid groups (broad SMARTS) is 1. The molecule has 0 aliphatic heterocycles. The molecular weight excluding hydrogens is 206 g/mol. The Morgan fingerprint density at radius 2 is 1.88 bits per heavy atom. The van der Waals surface area contributed by atoms with Gasteiger partial charge in [-0.1, -0.05) is 6.92 Å². The van der Waals surface area contributed by atoms with E-state index in [2.05, 4.69) is 6.92 Å². The average Bonchev–Trinajstić information content (AvgIpc) is 2.29. The molecule has 0 fully saturated rings. The summed E-state index contributed by atoms with van der Waals surface area (Å²) >= 11 is 0.